The minimum Gasteiger partial charge on any atom is -0.486 e. The van der Waals surface area contributed by atoms with E-state index in [1.807, 2.05) is 25.1 Å². The summed E-state index contributed by atoms with van der Waals surface area (Å²) in [6.45, 7) is 2.20. The zero-order chi connectivity index (χ0) is 12.3. The average Bonchev–Trinajstić information content (AvgIpc) is 2.83. The lowest BCUT2D eigenvalue weighted by Crippen LogP contribution is -2.19. The second kappa shape index (κ2) is 5.67. The number of ether oxygens (including phenoxy) is 1. The third-order valence-electron chi connectivity index (χ3n) is 3.33. The Morgan fingerprint density at radius 1 is 1.41 bits per heavy atom. The Balaban J connectivity index is 1.92. The molecule has 0 aromatic heterocycles. The number of hydrogen-bond acceptors (Lipinski definition) is 2. The molecule has 3 heteroatoms. The fourth-order valence-corrected chi connectivity index (χ4v) is 2.58. The van der Waals surface area contributed by atoms with Crippen molar-refractivity contribution in [3.8, 4) is 5.75 Å². The van der Waals surface area contributed by atoms with Crippen LogP contribution < -0.4 is 4.74 Å². The molecule has 1 aliphatic rings. The molecular weight excluding hydrogens is 280 g/mol. The van der Waals surface area contributed by atoms with E-state index in [1.54, 1.807) is 0 Å². The summed E-state index contributed by atoms with van der Waals surface area (Å²) in [5, 5.41) is 0. The molecule has 2 nitrogen and oxygen atoms in total. The Morgan fingerprint density at radius 3 is 2.82 bits per heavy atom. The SMILES string of the molecule is Cc1ccc(Br)cc1OCC(=O)C1CCCC1. The van der Waals surface area contributed by atoms with E-state index in [0.717, 1.165) is 28.6 Å². The van der Waals surface area contributed by atoms with Gasteiger partial charge < -0.3 is 4.74 Å². The summed E-state index contributed by atoms with van der Waals surface area (Å²) in [4.78, 5) is 11.9. The lowest BCUT2D eigenvalue weighted by molar-refractivity contribution is -0.124. The van der Waals surface area contributed by atoms with E-state index in [1.165, 1.54) is 12.8 Å². The highest BCUT2D eigenvalue weighted by molar-refractivity contribution is 9.10. The van der Waals surface area contributed by atoms with Gasteiger partial charge in [-0.3, -0.25) is 4.79 Å². The number of carbonyl (C=O) groups excluding carboxylic acids is 1. The normalized spacial score (nSPS) is 16.1. The van der Waals surface area contributed by atoms with Crippen LogP contribution in [0.3, 0.4) is 0 Å². The molecule has 1 aliphatic carbocycles. The van der Waals surface area contributed by atoms with Crippen molar-refractivity contribution in [1.82, 2.24) is 0 Å². The highest BCUT2D eigenvalue weighted by Crippen LogP contribution is 2.27. The van der Waals surface area contributed by atoms with Gasteiger partial charge in [0, 0.05) is 10.4 Å². The van der Waals surface area contributed by atoms with Crippen LogP contribution in [-0.4, -0.2) is 12.4 Å². The lowest BCUT2D eigenvalue weighted by Gasteiger charge is -2.11. The molecule has 1 fully saturated rings. The molecule has 0 saturated heterocycles. The monoisotopic (exact) mass is 296 g/mol. The van der Waals surface area contributed by atoms with Gasteiger partial charge in [-0.1, -0.05) is 34.8 Å². The second-order valence-electron chi connectivity index (χ2n) is 4.65. The van der Waals surface area contributed by atoms with Crippen LogP contribution in [0.2, 0.25) is 0 Å². The minimum atomic E-state index is 0.210. The molecule has 17 heavy (non-hydrogen) atoms. The number of benzene rings is 1. The van der Waals surface area contributed by atoms with Crippen LogP contribution in [-0.2, 0) is 4.79 Å². The molecule has 0 spiro atoms. The van der Waals surface area contributed by atoms with Gasteiger partial charge in [0.25, 0.3) is 0 Å². The molecule has 0 atom stereocenters. The van der Waals surface area contributed by atoms with Crippen LogP contribution >= 0.6 is 15.9 Å². The van der Waals surface area contributed by atoms with Gasteiger partial charge in [0.2, 0.25) is 0 Å². The van der Waals surface area contributed by atoms with Crippen LogP contribution in [0.5, 0.6) is 5.75 Å². The number of aryl methyl sites for hydroxylation is 1. The Kier molecular flexibility index (Phi) is 4.21. The summed E-state index contributed by atoms with van der Waals surface area (Å²) in [6.07, 6.45) is 4.46. The van der Waals surface area contributed by atoms with E-state index < -0.39 is 0 Å². The van der Waals surface area contributed by atoms with Crippen molar-refractivity contribution >= 4 is 21.7 Å². The van der Waals surface area contributed by atoms with Gasteiger partial charge in [-0.25, -0.2) is 0 Å². The average molecular weight is 297 g/mol. The molecule has 0 radical (unpaired) electrons. The quantitative estimate of drug-likeness (QED) is 0.842. The van der Waals surface area contributed by atoms with Crippen molar-refractivity contribution in [2.75, 3.05) is 6.61 Å². The van der Waals surface area contributed by atoms with Gasteiger partial charge >= 0.3 is 0 Å². The summed E-state index contributed by atoms with van der Waals surface area (Å²) in [5.41, 5.74) is 1.06. The van der Waals surface area contributed by atoms with E-state index in [-0.39, 0.29) is 18.3 Å². The van der Waals surface area contributed by atoms with Gasteiger partial charge in [0.15, 0.2) is 5.78 Å². The zero-order valence-corrected chi connectivity index (χ0v) is 11.6. The highest BCUT2D eigenvalue weighted by Gasteiger charge is 2.22. The Morgan fingerprint density at radius 2 is 2.12 bits per heavy atom. The Labute approximate surface area is 110 Å². The molecule has 0 unspecified atom stereocenters. The van der Waals surface area contributed by atoms with Crippen molar-refractivity contribution < 1.29 is 9.53 Å². The molecule has 0 aliphatic heterocycles. The summed E-state index contributed by atoms with van der Waals surface area (Å²) in [7, 11) is 0. The van der Waals surface area contributed by atoms with Crippen LogP contribution in [0.25, 0.3) is 0 Å². The molecular formula is C14H17BrO2. The van der Waals surface area contributed by atoms with Crippen LogP contribution in [0.15, 0.2) is 22.7 Å². The van der Waals surface area contributed by atoms with E-state index in [9.17, 15) is 4.79 Å². The van der Waals surface area contributed by atoms with Crippen LogP contribution in [0.1, 0.15) is 31.2 Å². The molecule has 2 rings (SSSR count). The standard InChI is InChI=1S/C14H17BrO2/c1-10-6-7-12(15)8-14(10)17-9-13(16)11-4-2-3-5-11/h6-8,11H,2-5,9H2,1H3. The van der Waals surface area contributed by atoms with E-state index in [4.69, 9.17) is 4.74 Å². The number of carbonyl (C=O) groups is 1. The first-order chi connectivity index (χ1) is 8.16. The second-order valence-corrected chi connectivity index (χ2v) is 5.56. The first-order valence-electron chi connectivity index (χ1n) is 6.08. The fraction of sp³-hybridized carbons (Fsp3) is 0.500. The molecule has 92 valence electrons. The molecule has 1 saturated carbocycles. The molecule has 1 aromatic rings. The van der Waals surface area contributed by atoms with Gasteiger partial charge in [-0.2, -0.15) is 0 Å². The fourth-order valence-electron chi connectivity index (χ4n) is 2.24. The number of Topliss-reactive ketones (excluding diaryl/α,β-unsaturated/α-hetero) is 1. The maximum absolute atomic E-state index is 11.9. The number of rotatable bonds is 4. The minimum absolute atomic E-state index is 0.210. The van der Waals surface area contributed by atoms with Crippen molar-refractivity contribution in [2.45, 2.75) is 32.6 Å². The summed E-state index contributed by atoms with van der Waals surface area (Å²) >= 11 is 3.40. The van der Waals surface area contributed by atoms with Crippen molar-refractivity contribution in [3.63, 3.8) is 0 Å². The topological polar surface area (TPSA) is 26.3 Å². The molecule has 1 aromatic carbocycles. The molecule has 0 amide bonds. The third kappa shape index (κ3) is 3.32. The summed E-state index contributed by atoms with van der Waals surface area (Å²) in [5.74, 6) is 1.29. The van der Waals surface area contributed by atoms with E-state index >= 15 is 0 Å². The van der Waals surface area contributed by atoms with Gasteiger partial charge in [0.05, 0.1) is 0 Å². The highest BCUT2D eigenvalue weighted by atomic mass is 79.9. The van der Waals surface area contributed by atoms with Crippen molar-refractivity contribution in [1.29, 1.82) is 0 Å². The van der Waals surface area contributed by atoms with Gasteiger partial charge in [-0.05, 0) is 37.5 Å². The summed E-state index contributed by atoms with van der Waals surface area (Å²) < 4.78 is 6.59. The van der Waals surface area contributed by atoms with Crippen LogP contribution in [0.4, 0.5) is 0 Å². The first-order valence-corrected chi connectivity index (χ1v) is 6.88. The maximum atomic E-state index is 11.9. The van der Waals surface area contributed by atoms with E-state index in [0.29, 0.717) is 0 Å². The smallest absolute Gasteiger partial charge is 0.173 e. The molecule has 0 heterocycles. The predicted molar refractivity (Wildman–Crippen MR) is 71.3 cm³/mol. The maximum Gasteiger partial charge on any atom is 0.173 e. The molecule has 0 N–H and O–H groups in total. The van der Waals surface area contributed by atoms with E-state index in [2.05, 4.69) is 15.9 Å². The number of hydrogen-bond donors (Lipinski definition) is 0. The van der Waals surface area contributed by atoms with Crippen molar-refractivity contribution in [2.24, 2.45) is 5.92 Å². The molecule has 0 bridgehead atoms. The first kappa shape index (κ1) is 12.6. The zero-order valence-electron chi connectivity index (χ0n) is 10.0. The lowest BCUT2D eigenvalue weighted by atomic mass is 10.0. The number of halogens is 1. The van der Waals surface area contributed by atoms with Gasteiger partial charge in [0.1, 0.15) is 12.4 Å². The largest absolute Gasteiger partial charge is 0.486 e. The predicted octanol–water partition coefficient (Wildman–Crippen LogP) is 3.90. The van der Waals surface area contributed by atoms with Crippen LogP contribution in [0, 0.1) is 12.8 Å². The van der Waals surface area contributed by atoms with Gasteiger partial charge in [-0.15, -0.1) is 0 Å². The summed E-state index contributed by atoms with van der Waals surface area (Å²) in [6, 6.07) is 5.87. The third-order valence-corrected chi connectivity index (χ3v) is 3.82. The van der Waals surface area contributed by atoms with Crippen molar-refractivity contribution in [3.05, 3.63) is 28.2 Å². The Hall–Kier alpha value is -0.830. The number of ketones is 1. The Bertz CT molecular complexity index is 409.